The average molecular weight is 309 g/mol. The fourth-order valence-electron chi connectivity index (χ4n) is 3.44. The molecule has 23 heavy (non-hydrogen) atoms. The predicted molar refractivity (Wildman–Crippen MR) is 87.2 cm³/mol. The third-order valence-electron chi connectivity index (χ3n) is 4.63. The van der Waals surface area contributed by atoms with Crippen LogP contribution >= 0.6 is 0 Å². The van der Waals surface area contributed by atoms with Crippen molar-refractivity contribution in [1.82, 2.24) is 5.32 Å². The van der Waals surface area contributed by atoms with Crippen molar-refractivity contribution in [3.63, 3.8) is 0 Å². The highest BCUT2D eigenvalue weighted by Gasteiger charge is 2.26. The Kier molecular flexibility index (Phi) is 3.34. The van der Waals surface area contributed by atoms with Crippen LogP contribution in [0, 0.1) is 6.92 Å². The standard InChI is InChI=1S/C19H19NO3/c1-11-8-14(19-15(9-11)17(21)10-23-19)12-2-4-13(5-3-12)16-6-7-18(22)20-16/h2-5,8-9,16-17,21H,6-7,10H2,1H3,(H,20,22). The molecule has 2 aromatic carbocycles. The van der Waals surface area contributed by atoms with Gasteiger partial charge in [-0.25, -0.2) is 0 Å². The van der Waals surface area contributed by atoms with Gasteiger partial charge in [-0.3, -0.25) is 4.79 Å². The summed E-state index contributed by atoms with van der Waals surface area (Å²) in [5.74, 6) is 0.906. The van der Waals surface area contributed by atoms with E-state index >= 15 is 0 Å². The number of aryl methyl sites for hydroxylation is 1. The molecule has 4 heteroatoms. The molecule has 0 aliphatic carbocycles. The number of carbonyl (C=O) groups is 1. The zero-order valence-corrected chi connectivity index (χ0v) is 13.0. The summed E-state index contributed by atoms with van der Waals surface area (Å²) < 4.78 is 5.69. The van der Waals surface area contributed by atoms with Crippen molar-refractivity contribution >= 4 is 5.91 Å². The van der Waals surface area contributed by atoms with Gasteiger partial charge in [0.2, 0.25) is 5.91 Å². The van der Waals surface area contributed by atoms with E-state index in [1.54, 1.807) is 0 Å². The first-order chi connectivity index (χ1) is 11.1. The quantitative estimate of drug-likeness (QED) is 0.896. The number of aliphatic hydroxyl groups is 1. The van der Waals surface area contributed by atoms with Crippen LogP contribution in [0.4, 0.5) is 0 Å². The van der Waals surface area contributed by atoms with Crippen LogP contribution in [0.25, 0.3) is 11.1 Å². The van der Waals surface area contributed by atoms with Crippen LogP contribution in [0.1, 0.15) is 41.7 Å². The Hall–Kier alpha value is -2.33. The molecule has 118 valence electrons. The van der Waals surface area contributed by atoms with Crippen molar-refractivity contribution in [1.29, 1.82) is 0 Å². The second-order valence-corrected chi connectivity index (χ2v) is 6.34. The Balaban J connectivity index is 1.69. The van der Waals surface area contributed by atoms with E-state index in [1.807, 2.05) is 13.0 Å². The van der Waals surface area contributed by atoms with Gasteiger partial charge in [0.05, 0.1) is 6.04 Å². The van der Waals surface area contributed by atoms with Crippen LogP contribution < -0.4 is 10.1 Å². The van der Waals surface area contributed by atoms with E-state index in [-0.39, 0.29) is 11.9 Å². The van der Waals surface area contributed by atoms with Crippen molar-refractivity contribution < 1.29 is 14.6 Å². The maximum Gasteiger partial charge on any atom is 0.220 e. The maximum atomic E-state index is 11.4. The number of fused-ring (bicyclic) bond motifs is 1. The van der Waals surface area contributed by atoms with Gasteiger partial charge in [0, 0.05) is 17.5 Å². The van der Waals surface area contributed by atoms with Crippen molar-refractivity contribution in [3.8, 4) is 16.9 Å². The fraction of sp³-hybridized carbons (Fsp3) is 0.316. The van der Waals surface area contributed by atoms with Crippen molar-refractivity contribution in [3.05, 3.63) is 53.1 Å². The molecule has 1 amide bonds. The van der Waals surface area contributed by atoms with Crippen LogP contribution in [-0.2, 0) is 4.79 Å². The lowest BCUT2D eigenvalue weighted by molar-refractivity contribution is -0.119. The molecule has 1 saturated heterocycles. The Morgan fingerprint density at radius 1 is 1.22 bits per heavy atom. The lowest BCUT2D eigenvalue weighted by Crippen LogP contribution is -2.18. The summed E-state index contributed by atoms with van der Waals surface area (Å²) in [4.78, 5) is 11.4. The van der Waals surface area contributed by atoms with E-state index in [4.69, 9.17) is 4.74 Å². The van der Waals surface area contributed by atoms with Crippen molar-refractivity contribution in [2.75, 3.05) is 6.61 Å². The molecule has 2 N–H and O–H groups in total. The van der Waals surface area contributed by atoms with Crippen LogP contribution in [0.2, 0.25) is 0 Å². The summed E-state index contributed by atoms with van der Waals surface area (Å²) in [7, 11) is 0. The fourth-order valence-corrected chi connectivity index (χ4v) is 3.44. The van der Waals surface area contributed by atoms with E-state index in [0.29, 0.717) is 13.0 Å². The molecule has 0 aromatic heterocycles. The van der Waals surface area contributed by atoms with E-state index in [9.17, 15) is 9.90 Å². The monoisotopic (exact) mass is 309 g/mol. The molecule has 2 aromatic rings. The molecular formula is C19H19NO3. The number of carbonyl (C=O) groups excluding carboxylic acids is 1. The second kappa shape index (κ2) is 5.39. The van der Waals surface area contributed by atoms with Crippen LogP contribution in [0.3, 0.4) is 0 Å². The first kappa shape index (κ1) is 14.3. The summed E-state index contributed by atoms with van der Waals surface area (Å²) >= 11 is 0. The van der Waals surface area contributed by atoms with E-state index < -0.39 is 6.10 Å². The minimum Gasteiger partial charge on any atom is -0.489 e. The number of ether oxygens (including phenoxy) is 1. The largest absolute Gasteiger partial charge is 0.489 e. The normalized spacial score (nSPS) is 22.6. The minimum atomic E-state index is -0.545. The van der Waals surface area contributed by atoms with Gasteiger partial charge >= 0.3 is 0 Å². The molecule has 2 aliphatic heterocycles. The number of benzene rings is 2. The molecule has 0 bridgehead atoms. The third-order valence-corrected chi connectivity index (χ3v) is 4.63. The van der Waals surface area contributed by atoms with E-state index in [0.717, 1.165) is 40.0 Å². The van der Waals surface area contributed by atoms with Crippen LogP contribution in [0.15, 0.2) is 36.4 Å². The van der Waals surface area contributed by atoms with Gasteiger partial charge in [0.1, 0.15) is 18.5 Å². The van der Waals surface area contributed by atoms with Gasteiger partial charge in [-0.05, 0) is 42.2 Å². The van der Waals surface area contributed by atoms with Crippen molar-refractivity contribution in [2.45, 2.75) is 31.9 Å². The summed E-state index contributed by atoms with van der Waals surface area (Å²) in [5, 5.41) is 13.0. The van der Waals surface area contributed by atoms with Gasteiger partial charge < -0.3 is 15.2 Å². The number of aliphatic hydroxyl groups excluding tert-OH is 1. The smallest absolute Gasteiger partial charge is 0.220 e. The summed E-state index contributed by atoms with van der Waals surface area (Å²) in [6, 6.07) is 12.4. The first-order valence-electron chi connectivity index (χ1n) is 7.97. The van der Waals surface area contributed by atoms with E-state index in [2.05, 4.69) is 35.6 Å². The van der Waals surface area contributed by atoms with E-state index in [1.165, 1.54) is 0 Å². The third kappa shape index (κ3) is 2.49. The predicted octanol–water partition coefficient (Wildman–Crippen LogP) is 3.04. The van der Waals surface area contributed by atoms with Gasteiger partial charge in [0.15, 0.2) is 0 Å². The zero-order valence-electron chi connectivity index (χ0n) is 13.0. The summed E-state index contributed by atoms with van der Waals surface area (Å²) in [5.41, 5.74) is 5.18. The topological polar surface area (TPSA) is 58.6 Å². The Morgan fingerprint density at radius 3 is 2.70 bits per heavy atom. The second-order valence-electron chi connectivity index (χ2n) is 6.34. The lowest BCUT2D eigenvalue weighted by atomic mass is 9.95. The number of rotatable bonds is 2. The average Bonchev–Trinajstić information content (AvgIpc) is 3.14. The zero-order chi connectivity index (χ0) is 16.0. The summed E-state index contributed by atoms with van der Waals surface area (Å²) in [6.45, 7) is 2.34. The highest BCUT2D eigenvalue weighted by atomic mass is 16.5. The number of hydrogen-bond donors (Lipinski definition) is 2. The summed E-state index contributed by atoms with van der Waals surface area (Å²) in [6.07, 6.45) is 0.910. The highest BCUT2D eigenvalue weighted by Crippen LogP contribution is 2.42. The molecule has 0 spiro atoms. The van der Waals surface area contributed by atoms with Crippen LogP contribution in [-0.4, -0.2) is 17.6 Å². The molecular weight excluding hydrogens is 290 g/mol. The Morgan fingerprint density at radius 2 is 2.00 bits per heavy atom. The van der Waals surface area contributed by atoms with Crippen LogP contribution in [0.5, 0.6) is 5.75 Å². The van der Waals surface area contributed by atoms with Gasteiger partial charge in [-0.1, -0.05) is 24.3 Å². The number of hydrogen-bond acceptors (Lipinski definition) is 3. The highest BCUT2D eigenvalue weighted by molar-refractivity contribution is 5.79. The molecule has 2 aliphatic rings. The molecule has 1 fully saturated rings. The number of amides is 1. The molecule has 0 radical (unpaired) electrons. The molecule has 2 atom stereocenters. The van der Waals surface area contributed by atoms with Crippen molar-refractivity contribution in [2.24, 2.45) is 0 Å². The Bertz CT molecular complexity index is 767. The van der Waals surface area contributed by atoms with Gasteiger partial charge in [0.25, 0.3) is 0 Å². The van der Waals surface area contributed by atoms with Gasteiger partial charge in [-0.2, -0.15) is 0 Å². The molecule has 2 heterocycles. The molecule has 2 unspecified atom stereocenters. The minimum absolute atomic E-state index is 0.123. The SMILES string of the molecule is Cc1cc(-c2ccc(C3CCC(=O)N3)cc2)c2c(c1)C(O)CO2. The Labute approximate surface area is 135 Å². The molecule has 4 nitrogen and oxygen atoms in total. The molecule has 4 rings (SSSR count). The maximum absolute atomic E-state index is 11.4. The lowest BCUT2D eigenvalue weighted by Gasteiger charge is -2.13. The van der Waals surface area contributed by atoms with Gasteiger partial charge in [-0.15, -0.1) is 0 Å². The first-order valence-corrected chi connectivity index (χ1v) is 7.97. The number of nitrogens with one attached hydrogen (secondary N) is 1. The molecule has 0 saturated carbocycles.